The van der Waals surface area contributed by atoms with Gasteiger partial charge >= 0.3 is 5.97 Å². The Balaban J connectivity index is 1.92. The van der Waals surface area contributed by atoms with E-state index < -0.39 is 0 Å². The molecule has 132 valence electrons. The van der Waals surface area contributed by atoms with Gasteiger partial charge in [-0.15, -0.1) is 11.8 Å². The van der Waals surface area contributed by atoms with Gasteiger partial charge in [0.25, 0.3) is 0 Å². The highest BCUT2D eigenvalue weighted by molar-refractivity contribution is 7.98. The van der Waals surface area contributed by atoms with E-state index in [1.165, 1.54) is 11.0 Å². The van der Waals surface area contributed by atoms with Gasteiger partial charge in [0.1, 0.15) is 6.61 Å². The van der Waals surface area contributed by atoms with Crippen LogP contribution in [0.15, 0.2) is 53.4 Å². The molecular weight excluding hydrogens is 336 g/mol. The molecule has 0 spiro atoms. The summed E-state index contributed by atoms with van der Waals surface area (Å²) < 4.78 is 16.0. The molecule has 0 atom stereocenters. The minimum atomic E-state index is -0.387. The first-order valence-corrected chi connectivity index (χ1v) is 9.17. The van der Waals surface area contributed by atoms with Crippen molar-refractivity contribution in [2.75, 3.05) is 20.0 Å². The van der Waals surface area contributed by atoms with Crippen LogP contribution in [0, 0.1) is 0 Å². The average molecular weight is 358 g/mol. The van der Waals surface area contributed by atoms with Crippen molar-refractivity contribution < 1.29 is 19.0 Å². The van der Waals surface area contributed by atoms with Crippen LogP contribution in [0.5, 0.6) is 11.5 Å². The number of esters is 1. The summed E-state index contributed by atoms with van der Waals surface area (Å²) in [4.78, 5) is 13.0. The van der Waals surface area contributed by atoms with E-state index in [-0.39, 0.29) is 12.6 Å². The van der Waals surface area contributed by atoms with Crippen molar-refractivity contribution in [1.82, 2.24) is 0 Å². The van der Waals surface area contributed by atoms with Crippen molar-refractivity contribution in [3.8, 4) is 11.5 Å². The van der Waals surface area contributed by atoms with Crippen molar-refractivity contribution in [3.63, 3.8) is 0 Å². The average Bonchev–Trinajstić information content (AvgIpc) is 2.66. The van der Waals surface area contributed by atoms with Gasteiger partial charge in [-0.2, -0.15) is 0 Å². The number of carbonyl (C=O) groups is 1. The van der Waals surface area contributed by atoms with Crippen LogP contribution in [0.4, 0.5) is 0 Å². The molecule has 0 radical (unpaired) electrons. The van der Waals surface area contributed by atoms with Crippen molar-refractivity contribution >= 4 is 23.8 Å². The maximum Gasteiger partial charge on any atom is 0.331 e. The molecule has 2 rings (SSSR count). The summed E-state index contributed by atoms with van der Waals surface area (Å²) in [6.45, 7) is 2.73. The molecule has 0 aliphatic rings. The van der Waals surface area contributed by atoms with Crippen molar-refractivity contribution in [3.05, 3.63) is 59.7 Å². The zero-order valence-electron chi connectivity index (χ0n) is 14.7. The predicted octanol–water partition coefficient (Wildman–Crippen LogP) is 4.57. The third kappa shape index (κ3) is 5.87. The predicted molar refractivity (Wildman–Crippen MR) is 101 cm³/mol. The van der Waals surface area contributed by atoms with Gasteiger partial charge in [0.05, 0.1) is 13.7 Å². The molecule has 4 nitrogen and oxygen atoms in total. The van der Waals surface area contributed by atoms with Crippen LogP contribution in [0.3, 0.4) is 0 Å². The Morgan fingerprint density at radius 2 is 1.88 bits per heavy atom. The van der Waals surface area contributed by atoms with E-state index in [4.69, 9.17) is 14.2 Å². The Hall–Kier alpha value is -2.40. The Labute approximate surface area is 152 Å². The number of rotatable bonds is 8. The Bertz CT molecular complexity index is 723. The Kier molecular flexibility index (Phi) is 7.41. The standard InChI is InChI=1S/C20H22O4S/c1-4-23-18-11-7-15(13-19(18)22-2)8-12-20(21)24-14-16-5-9-17(25-3)10-6-16/h5-13H,4,14H2,1-3H3/b12-8+. The molecule has 0 aromatic heterocycles. The first-order valence-electron chi connectivity index (χ1n) is 7.95. The summed E-state index contributed by atoms with van der Waals surface area (Å²) in [6.07, 6.45) is 5.12. The second-order valence-corrected chi connectivity index (χ2v) is 6.01. The molecule has 5 heteroatoms. The zero-order valence-corrected chi connectivity index (χ0v) is 15.5. The van der Waals surface area contributed by atoms with Crippen LogP contribution < -0.4 is 9.47 Å². The number of carbonyl (C=O) groups excluding carboxylic acids is 1. The zero-order chi connectivity index (χ0) is 18.1. The topological polar surface area (TPSA) is 44.8 Å². The summed E-state index contributed by atoms with van der Waals surface area (Å²) in [5.41, 5.74) is 1.80. The van der Waals surface area contributed by atoms with Crippen LogP contribution in [-0.4, -0.2) is 25.9 Å². The second-order valence-electron chi connectivity index (χ2n) is 5.13. The van der Waals surface area contributed by atoms with Gasteiger partial charge in [-0.3, -0.25) is 0 Å². The van der Waals surface area contributed by atoms with E-state index in [1.54, 1.807) is 24.9 Å². The quantitative estimate of drug-likeness (QED) is 0.393. The molecule has 0 heterocycles. The molecule has 0 aliphatic heterocycles. The third-order valence-corrected chi connectivity index (χ3v) is 4.18. The Morgan fingerprint density at radius 1 is 1.12 bits per heavy atom. The van der Waals surface area contributed by atoms with Crippen LogP contribution in [-0.2, 0) is 16.1 Å². The molecule has 25 heavy (non-hydrogen) atoms. The number of ether oxygens (including phenoxy) is 3. The van der Waals surface area contributed by atoms with Gasteiger partial charge in [-0.05, 0) is 54.6 Å². The van der Waals surface area contributed by atoms with Gasteiger partial charge in [0.15, 0.2) is 11.5 Å². The van der Waals surface area contributed by atoms with Crippen molar-refractivity contribution in [2.24, 2.45) is 0 Å². The smallest absolute Gasteiger partial charge is 0.331 e. The lowest BCUT2D eigenvalue weighted by Gasteiger charge is -2.09. The number of hydrogen-bond donors (Lipinski definition) is 0. The summed E-state index contributed by atoms with van der Waals surface area (Å²) in [5, 5.41) is 0. The number of thioether (sulfide) groups is 1. The summed E-state index contributed by atoms with van der Waals surface area (Å²) in [6, 6.07) is 13.4. The third-order valence-electron chi connectivity index (χ3n) is 3.44. The molecule has 0 saturated carbocycles. The van der Waals surface area contributed by atoms with E-state index in [0.29, 0.717) is 18.1 Å². The molecule has 0 amide bonds. The fourth-order valence-corrected chi connectivity index (χ4v) is 2.56. The number of hydrogen-bond acceptors (Lipinski definition) is 5. The molecule has 2 aromatic carbocycles. The normalized spacial score (nSPS) is 10.7. The highest BCUT2D eigenvalue weighted by Gasteiger charge is 2.04. The van der Waals surface area contributed by atoms with Gasteiger partial charge < -0.3 is 14.2 Å². The molecule has 2 aromatic rings. The van der Waals surface area contributed by atoms with E-state index in [1.807, 2.05) is 55.6 Å². The van der Waals surface area contributed by atoms with Crippen LogP contribution in [0.2, 0.25) is 0 Å². The highest BCUT2D eigenvalue weighted by atomic mass is 32.2. The summed E-state index contributed by atoms with van der Waals surface area (Å²) >= 11 is 1.68. The van der Waals surface area contributed by atoms with E-state index in [9.17, 15) is 4.79 Å². The summed E-state index contributed by atoms with van der Waals surface area (Å²) in [7, 11) is 1.59. The molecular formula is C20H22O4S. The van der Waals surface area contributed by atoms with Crippen LogP contribution in [0.25, 0.3) is 6.08 Å². The van der Waals surface area contributed by atoms with Gasteiger partial charge in [0.2, 0.25) is 0 Å². The number of methoxy groups -OCH3 is 1. The fraction of sp³-hybridized carbons (Fsp3) is 0.250. The molecule has 0 N–H and O–H groups in total. The van der Waals surface area contributed by atoms with Gasteiger partial charge in [0, 0.05) is 11.0 Å². The van der Waals surface area contributed by atoms with Crippen LogP contribution in [0.1, 0.15) is 18.1 Å². The number of benzene rings is 2. The largest absolute Gasteiger partial charge is 0.493 e. The lowest BCUT2D eigenvalue weighted by molar-refractivity contribution is -0.138. The van der Waals surface area contributed by atoms with Crippen LogP contribution >= 0.6 is 11.8 Å². The Morgan fingerprint density at radius 3 is 2.52 bits per heavy atom. The van der Waals surface area contributed by atoms with Crippen molar-refractivity contribution in [2.45, 2.75) is 18.4 Å². The van der Waals surface area contributed by atoms with E-state index >= 15 is 0 Å². The fourth-order valence-electron chi connectivity index (χ4n) is 2.15. The second kappa shape index (κ2) is 9.79. The maximum absolute atomic E-state index is 11.9. The first kappa shape index (κ1) is 18.9. The highest BCUT2D eigenvalue weighted by Crippen LogP contribution is 2.28. The van der Waals surface area contributed by atoms with Gasteiger partial charge in [-0.25, -0.2) is 4.79 Å². The molecule has 0 saturated heterocycles. The lowest BCUT2D eigenvalue weighted by atomic mass is 10.2. The summed E-state index contributed by atoms with van der Waals surface area (Å²) in [5.74, 6) is 0.923. The SMILES string of the molecule is CCOc1ccc(/C=C/C(=O)OCc2ccc(SC)cc2)cc1OC. The molecule has 0 bridgehead atoms. The molecule has 0 unspecified atom stereocenters. The molecule has 0 aliphatic carbocycles. The van der Waals surface area contributed by atoms with E-state index in [0.717, 1.165) is 11.1 Å². The monoisotopic (exact) mass is 358 g/mol. The van der Waals surface area contributed by atoms with E-state index in [2.05, 4.69) is 0 Å². The van der Waals surface area contributed by atoms with Crippen molar-refractivity contribution in [1.29, 1.82) is 0 Å². The minimum Gasteiger partial charge on any atom is -0.493 e. The minimum absolute atomic E-state index is 0.254. The molecule has 0 fully saturated rings. The lowest BCUT2D eigenvalue weighted by Crippen LogP contribution is -2.00. The van der Waals surface area contributed by atoms with Gasteiger partial charge in [-0.1, -0.05) is 18.2 Å². The maximum atomic E-state index is 11.9. The first-order chi connectivity index (χ1) is 12.2.